The summed E-state index contributed by atoms with van der Waals surface area (Å²) in [5.74, 6) is 0.199. The summed E-state index contributed by atoms with van der Waals surface area (Å²) in [5, 5.41) is 2.95. The van der Waals surface area contributed by atoms with Crippen molar-refractivity contribution in [1.29, 1.82) is 0 Å². The highest BCUT2D eigenvalue weighted by molar-refractivity contribution is 7.80. The Morgan fingerprint density at radius 3 is 2.61 bits per heavy atom. The molecule has 0 aliphatic carbocycles. The van der Waals surface area contributed by atoms with E-state index in [9.17, 15) is 4.39 Å². The number of nitrogens with zero attached hydrogens (tertiary/aromatic N) is 2. The van der Waals surface area contributed by atoms with E-state index in [0.29, 0.717) is 17.2 Å². The molecule has 3 N–H and O–H groups in total. The first-order valence-electron chi connectivity index (χ1n) is 5.20. The van der Waals surface area contributed by atoms with Crippen LogP contribution >= 0.6 is 12.2 Å². The lowest BCUT2D eigenvalue weighted by Crippen LogP contribution is -2.12. The van der Waals surface area contributed by atoms with Crippen molar-refractivity contribution in [2.24, 2.45) is 5.73 Å². The molecule has 0 bridgehead atoms. The number of nitrogens with two attached hydrogens (primary N) is 1. The van der Waals surface area contributed by atoms with Gasteiger partial charge in [0.15, 0.2) is 0 Å². The number of aromatic nitrogens is 2. The van der Waals surface area contributed by atoms with Crippen molar-refractivity contribution < 1.29 is 4.39 Å². The normalized spacial score (nSPS) is 10.1. The van der Waals surface area contributed by atoms with Gasteiger partial charge >= 0.3 is 0 Å². The Morgan fingerprint density at radius 1 is 1.28 bits per heavy atom. The summed E-state index contributed by atoms with van der Waals surface area (Å²) in [7, 11) is 0. The van der Waals surface area contributed by atoms with Gasteiger partial charge in [-0.05, 0) is 30.7 Å². The fraction of sp³-hybridized carbons (Fsp3) is 0.0833. The average molecular weight is 262 g/mol. The number of rotatable bonds is 3. The van der Waals surface area contributed by atoms with Gasteiger partial charge in [0.25, 0.3) is 0 Å². The van der Waals surface area contributed by atoms with Crippen LogP contribution in [0.5, 0.6) is 0 Å². The van der Waals surface area contributed by atoms with Gasteiger partial charge in [-0.1, -0.05) is 12.2 Å². The first-order chi connectivity index (χ1) is 8.54. The van der Waals surface area contributed by atoms with Gasteiger partial charge in [-0.25, -0.2) is 14.4 Å². The highest BCUT2D eigenvalue weighted by atomic mass is 32.1. The van der Waals surface area contributed by atoms with Gasteiger partial charge in [0.2, 0.25) is 0 Å². The monoisotopic (exact) mass is 262 g/mol. The molecule has 0 spiro atoms. The Labute approximate surface area is 109 Å². The molecule has 0 unspecified atom stereocenters. The third-order valence-corrected chi connectivity index (χ3v) is 2.43. The molecule has 4 nitrogen and oxygen atoms in total. The molecule has 18 heavy (non-hydrogen) atoms. The zero-order valence-electron chi connectivity index (χ0n) is 9.64. The Kier molecular flexibility index (Phi) is 3.47. The second-order valence-corrected chi connectivity index (χ2v) is 4.23. The highest BCUT2D eigenvalue weighted by Crippen LogP contribution is 2.17. The molecule has 0 radical (unpaired) electrons. The lowest BCUT2D eigenvalue weighted by Gasteiger charge is -2.06. The van der Waals surface area contributed by atoms with Gasteiger partial charge in [-0.3, -0.25) is 0 Å². The molecule has 0 atom stereocenters. The molecule has 6 heteroatoms. The molecular weight excluding hydrogens is 251 g/mol. The van der Waals surface area contributed by atoms with Gasteiger partial charge in [-0.15, -0.1) is 0 Å². The van der Waals surface area contributed by atoms with Gasteiger partial charge < -0.3 is 11.1 Å². The average Bonchev–Trinajstić information content (AvgIpc) is 2.28. The maximum atomic E-state index is 13.2. The topological polar surface area (TPSA) is 63.8 Å². The van der Waals surface area contributed by atoms with Gasteiger partial charge in [-0.2, -0.15) is 0 Å². The maximum absolute atomic E-state index is 13.2. The molecule has 1 aromatic heterocycles. The highest BCUT2D eigenvalue weighted by Gasteiger charge is 2.02. The lowest BCUT2D eigenvalue weighted by atomic mass is 10.2. The minimum Gasteiger partial charge on any atom is -0.388 e. The molecule has 0 amide bonds. The van der Waals surface area contributed by atoms with E-state index in [1.807, 2.05) is 13.0 Å². The molecule has 0 aliphatic heterocycles. The van der Waals surface area contributed by atoms with Crippen molar-refractivity contribution in [2.45, 2.75) is 6.92 Å². The van der Waals surface area contributed by atoms with Crippen LogP contribution in [0.1, 0.15) is 11.3 Å². The second kappa shape index (κ2) is 5.05. The second-order valence-electron chi connectivity index (χ2n) is 3.79. The van der Waals surface area contributed by atoms with Crippen LogP contribution in [0.25, 0.3) is 0 Å². The zero-order chi connectivity index (χ0) is 13.1. The Hall–Kier alpha value is -2.08. The van der Waals surface area contributed by atoms with E-state index in [4.69, 9.17) is 18.0 Å². The molecule has 2 rings (SSSR count). The van der Waals surface area contributed by atoms with Crippen LogP contribution in [0.15, 0.2) is 30.6 Å². The number of aryl methyl sites for hydroxylation is 1. The Balaban J connectivity index is 2.20. The fourth-order valence-corrected chi connectivity index (χ4v) is 1.58. The molecular formula is C12H11FN4S. The fourth-order valence-electron chi connectivity index (χ4n) is 1.48. The van der Waals surface area contributed by atoms with Crippen LogP contribution < -0.4 is 11.1 Å². The predicted molar refractivity (Wildman–Crippen MR) is 72.3 cm³/mol. The van der Waals surface area contributed by atoms with Crippen molar-refractivity contribution in [2.75, 3.05) is 5.32 Å². The van der Waals surface area contributed by atoms with Crippen molar-refractivity contribution in [3.05, 3.63) is 47.7 Å². The van der Waals surface area contributed by atoms with Gasteiger partial charge in [0, 0.05) is 5.69 Å². The zero-order valence-corrected chi connectivity index (χ0v) is 10.5. The van der Waals surface area contributed by atoms with Gasteiger partial charge in [0.05, 0.1) is 12.4 Å². The Morgan fingerprint density at radius 2 is 2.06 bits per heavy atom. The molecule has 0 saturated heterocycles. The number of halogens is 1. The molecule has 0 fully saturated rings. The minimum atomic E-state index is -0.301. The summed E-state index contributed by atoms with van der Waals surface area (Å²) < 4.78 is 13.2. The first-order valence-corrected chi connectivity index (χ1v) is 5.61. The molecule has 0 saturated carbocycles. The van der Waals surface area contributed by atoms with Gasteiger partial charge in [0.1, 0.15) is 22.3 Å². The maximum Gasteiger partial charge on any atom is 0.148 e. The molecule has 1 aromatic carbocycles. The van der Waals surface area contributed by atoms with Crippen LogP contribution in [0.3, 0.4) is 0 Å². The van der Waals surface area contributed by atoms with E-state index in [-0.39, 0.29) is 10.8 Å². The largest absolute Gasteiger partial charge is 0.388 e. The molecule has 92 valence electrons. The predicted octanol–water partition coefficient (Wildman–Crippen LogP) is 2.30. The van der Waals surface area contributed by atoms with E-state index in [1.165, 1.54) is 24.5 Å². The summed E-state index contributed by atoms with van der Waals surface area (Å²) >= 11 is 4.77. The smallest absolute Gasteiger partial charge is 0.148 e. The van der Waals surface area contributed by atoms with Crippen molar-refractivity contribution in [3.63, 3.8) is 0 Å². The summed E-state index contributed by atoms with van der Waals surface area (Å²) in [4.78, 5) is 8.32. The van der Waals surface area contributed by atoms with Crippen LogP contribution in [0.4, 0.5) is 15.9 Å². The van der Waals surface area contributed by atoms with Crippen molar-refractivity contribution >= 4 is 28.7 Å². The molecule has 1 heterocycles. The number of thiocarbonyl (C=S) groups is 1. The summed E-state index contributed by atoms with van der Waals surface area (Å²) in [6.07, 6.45) is 2.96. The Bertz CT molecular complexity index is 563. The van der Waals surface area contributed by atoms with Crippen LogP contribution in [-0.2, 0) is 0 Å². The first kappa shape index (κ1) is 12.4. The molecule has 2 aromatic rings. The third kappa shape index (κ3) is 2.98. The number of anilines is 2. The van der Waals surface area contributed by atoms with Crippen LogP contribution in [0.2, 0.25) is 0 Å². The number of nitrogens with one attached hydrogen (secondary N) is 1. The van der Waals surface area contributed by atoms with E-state index >= 15 is 0 Å². The van der Waals surface area contributed by atoms with E-state index in [2.05, 4.69) is 15.3 Å². The summed E-state index contributed by atoms with van der Waals surface area (Å²) in [6, 6.07) is 4.65. The van der Waals surface area contributed by atoms with Crippen molar-refractivity contribution in [3.8, 4) is 0 Å². The summed E-state index contributed by atoms with van der Waals surface area (Å²) in [5.41, 5.74) is 7.30. The number of benzene rings is 1. The van der Waals surface area contributed by atoms with Crippen molar-refractivity contribution in [1.82, 2.24) is 9.97 Å². The number of hydrogen-bond donors (Lipinski definition) is 2. The third-order valence-electron chi connectivity index (χ3n) is 2.22. The molecule has 0 aliphatic rings. The lowest BCUT2D eigenvalue weighted by molar-refractivity contribution is 0.627. The van der Waals surface area contributed by atoms with E-state index in [1.54, 1.807) is 0 Å². The van der Waals surface area contributed by atoms with Crippen LogP contribution in [0, 0.1) is 12.7 Å². The van der Waals surface area contributed by atoms with E-state index in [0.717, 1.165) is 5.56 Å². The minimum absolute atomic E-state index is 0.190. The number of hydrogen-bond acceptors (Lipinski definition) is 4. The van der Waals surface area contributed by atoms with Crippen LogP contribution in [-0.4, -0.2) is 15.0 Å². The van der Waals surface area contributed by atoms with E-state index < -0.39 is 0 Å². The quantitative estimate of drug-likeness (QED) is 0.831. The standard InChI is InChI=1S/C12H11FN4S/c1-7-2-8(13)4-9(3-7)17-11-6-15-10(5-16-11)12(14)18/h2-6H,1H3,(H2,14,18)(H,16,17). The summed E-state index contributed by atoms with van der Waals surface area (Å²) in [6.45, 7) is 1.82. The SMILES string of the molecule is Cc1cc(F)cc(Nc2cnc(C(N)=S)cn2)c1.